The zero-order valence-corrected chi connectivity index (χ0v) is 11.1. The van der Waals surface area contributed by atoms with Crippen molar-refractivity contribution in [2.45, 2.75) is 0 Å². The van der Waals surface area contributed by atoms with Gasteiger partial charge in [-0.3, -0.25) is 10.1 Å². The highest BCUT2D eigenvalue weighted by molar-refractivity contribution is 5.98. The molecule has 0 amide bonds. The Hall–Kier alpha value is -3.29. The second-order valence-electron chi connectivity index (χ2n) is 4.17. The molecule has 2 aromatic rings. The summed E-state index contributed by atoms with van der Waals surface area (Å²) in [5.41, 5.74) is 5.68. The fourth-order valence-electron chi connectivity index (χ4n) is 1.56. The van der Waals surface area contributed by atoms with E-state index in [-0.39, 0.29) is 17.1 Å². The van der Waals surface area contributed by atoms with E-state index in [0.717, 1.165) is 6.07 Å². The third-order valence-corrected chi connectivity index (χ3v) is 2.66. The Kier molecular flexibility index (Phi) is 4.42. The summed E-state index contributed by atoms with van der Waals surface area (Å²) in [6.07, 6.45) is 0. The van der Waals surface area contributed by atoms with Crippen LogP contribution in [0, 0.1) is 15.9 Å². The number of halogens is 1. The standard InChI is InChI=1S/C14H10FN3O4/c15-11-6-4-9(5-7-11)13(16)17-22-14(19)10-2-1-3-12(8-10)18(20)21/h1-8H,(H2,16,17). The van der Waals surface area contributed by atoms with Crippen LogP contribution in [0.15, 0.2) is 53.7 Å². The molecule has 112 valence electrons. The molecule has 0 saturated carbocycles. The number of hydrogen-bond donors (Lipinski definition) is 1. The number of nitrogens with two attached hydrogens (primary N) is 1. The van der Waals surface area contributed by atoms with Crippen LogP contribution in [0.1, 0.15) is 15.9 Å². The molecular formula is C14H10FN3O4. The van der Waals surface area contributed by atoms with E-state index < -0.39 is 16.7 Å². The smallest absolute Gasteiger partial charge is 0.366 e. The van der Waals surface area contributed by atoms with Crippen LogP contribution in [0.25, 0.3) is 0 Å². The molecule has 0 radical (unpaired) electrons. The van der Waals surface area contributed by atoms with Crippen LogP contribution in [0.5, 0.6) is 0 Å². The van der Waals surface area contributed by atoms with Gasteiger partial charge in [-0.2, -0.15) is 0 Å². The van der Waals surface area contributed by atoms with Crippen molar-refractivity contribution in [2.75, 3.05) is 0 Å². The molecule has 2 aromatic carbocycles. The van der Waals surface area contributed by atoms with Crippen LogP contribution in [0.4, 0.5) is 10.1 Å². The van der Waals surface area contributed by atoms with Crippen LogP contribution in [0.2, 0.25) is 0 Å². The van der Waals surface area contributed by atoms with Crippen molar-refractivity contribution in [1.82, 2.24) is 0 Å². The topological polar surface area (TPSA) is 108 Å². The molecule has 22 heavy (non-hydrogen) atoms. The molecule has 0 heterocycles. The normalized spacial score (nSPS) is 11.0. The van der Waals surface area contributed by atoms with E-state index in [0.29, 0.717) is 5.56 Å². The Morgan fingerprint density at radius 3 is 2.50 bits per heavy atom. The maximum absolute atomic E-state index is 12.8. The molecule has 0 aliphatic rings. The maximum Gasteiger partial charge on any atom is 0.366 e. The zero-order chi connectivity index (χ0) is 16.1. The van der Waals surface area contributed by atoms with Crippen molar-refractivity contribution in [3.8, 4) is 0 Å². The summed E-state index contributed by atoms with van der Waals surface area (Å²) in [5, 5.41) is 14.1. The van der Waals surface area contributed by atoms with Gasteiger partial charge in [0.2, 0.25) is 0 Å². The molecule has 0 aliphatic carbocycles. The lowest BCUT2D eigenvalue weighted by Crippen LogP contribution is -2.15. The van der Waals surface area contributed by atoms with Gasteiger partial charge in [0.05, 0.1) is 10.5 Å². The first kappa shape index (κ1) is 15.1. The quantitative estimate of drug-likeness (QED) is 0.306. The van der Waals surface area contributed by atoms with E-state index in [4.69, 9.17) is 5.73 Å². The number of nitro groups is 1. The lowest BCUT2D eigenvalue weighted by Gasteiger charge is -2.01. The molecule has 0 aliphatic heterocycles. The molecule has 0 unspecified atom stereocenters. The fourth-order valence-corrected chi connectivity index (χ4v) is 1.56. The summed E-state index contributed by atoms with van der Waals surface area (Å²) >= 11 is 0. The number of benzene rings is 2. The Morgan fingerprint density at radius 1 is 1.18 bits per heavy atom. The van der Waals surface area contributed by atoms with Crippen LogP contribution in [0.3, 0.4) is 0 Å². The molecule has 2 N–H and O–H groups in total. The van der Waals surface area contributed by atoms with Crippen molar-refractivity contribution >= 4 is 17.5 Å². The van der Waals surface area contributed by atoms with Crippen molar-refractivity contribution in [3.05, 3.63) is 75.6 Å². The zero-order valence-electron chi connectivity index (χ0n) is 11.1. The molecule has 2 rings (SSSR count). The SMILES string of the molecule is N/C(=N\OC(=O)c1cccc([N+](=O)[O-])c1)c1ccc(F)cc1. The minimum Gasteiger partial charge on any atom is -0.380 e. The molecule has 0 fully saturated rings. The third kappa shape index (κ3) is 3.63. The Bertz CT molecular complexity index is 744. The number of carbonyl (C=O) groups excluding carboxylic acids is 1. The molecule has 0 aromatic heterocycles. The average molecular weight is 303 g/mol. The number of nitro benzene ring substituents is 1. The first-order chi connectivity index (χ1) is 10.5. The van der Waals surface area contributed by atoms with Crippen LogP contribution < -0.4 is 5.73 Å². The van der Waals surface area contributed by atoms with Crippen molar-refractivity contribution in [3.63, 3.8) is 0 Å². The first-order valence-electron chi connectivity index (χ1n) is 6.02. The Balaban J connectivity index is 2.11. The number of oxime groups is 1. The molecular weight excluding hydrogens is 293 g/mol. The summed E-state index contributed by atoms with van der Waals surface area (Å²) in [4.78, 5) is 26.4. The number of amidine groups is 1. The van der Waals surface area contributed by atoms with Crippen LogP contribution in [-0.2, 0) is 4.84 Å². The van der Waals surface area contributed by atoms with Gasteiger partial charge in [0.15, 0.2) is 5.84 Å². The van der Waals surface area contributed by atoms with Crippen molar-refractivity contribution in [2.24, 2.45) is 10.9 Å². The minimum atomic E-state index is -0.895. The molecule has 8 heteroatoms. The number of hydrogen-bond acceptors (Lipinski definition) is 5. The van der Waals surface area contributed by atoms with Gasteiger partial charge in [-0.15, -0.1) is 0 Å². The van der Waals surface area contributed by atoms with Gasteiger partial charge in [0.25, 0.3) is 5.69 Å². The van der Waals surface area contributed by atoms with Gasteiger partial charge in [-0.1, -0.05) is 11.2 Å². The van der Waals surface area contributed by atoms with Gasteiger partial charge >= 0.3 is 5.97 Å². The van der Waals surface area contributed by atoms with E-state index in [1.807, 2.05) is 0 Å². The molecule has 0 bridgehead atoms. The van der Waals surface area contributed by atoms with Crippen molar-refractivity contribution in [1.29, 1.82) is 0 Å². The fraction of sp³-hybridized carbons (Fsp3) is 0. The molecule has 7 nitrogen and oxygen atoms in total. The lowest BCUT2D eigenvalue weighted by molar-refractivity contribution is -0.384. The number of nitrogens with zero attached hydrogens (tertiary/aromatic N) is 2. The van der Waals surface area contributed by atoms with Gasteiger partial charge in [-0.05, 0) is 30.3 Å². The first-order valence-corrected chi connectivity index (χ1v) is 6.02. The van der Waals surface area contributed by atoms with Crippen LogP contribution >= 0.6 is 0 Å². The molecule has 0 atom stereocenters. The average Bonchev–Trinajstić information content (AvgIpc) is 2.53. The highest BCUT2D eigenvalue weighted by Crippen LogP contribution is 2.14. The number of non-ortho nitro benzene ring substituents is 1. The minimum absolute atomic E-state index is 0.0372. The monoisotopic (exact) mass is 303 g/mol. The summed E-state index contributed by atoms with van der Waals surface area (Å²) in [6, 6.07) is 10.1. The van der Waals surface area contributed by atoms with Gasteiger partial charge in [-0.25, -0.2) is 9.18 Å². The predicted octanol–water partition coefficient (Wildman–Crippen LogP) is 2.21. The van der Waals surface area contributed by atoms with E-state index in [9.17, 15) is 19.3 Å². The largest absolute Gasteiger partial charge is 0.380 e. The second kappa shape index (κ2) is 6.44. The summed E-state index contributed by atoms with van der Waals surface area (Å²) < 4.78 is 12.8. The van der Waals surface area contributed by atoms with E-state index in [2.05, 4.69) is 9.99 Å². The third-order valence-electron chi connectivity index (χ3n) is 2.66. The molecule has 0 saturated heterocycles. The number of rotatable bonds is 4. The lowest BCUT2D eigenvalue weighted by atomic mass is 10.2. The summed E-state index contributed by atoms with van der Waals surface area (Å²) in [6.45, 7) is 0. The number of carbonyl (C=O) groups is 1. The van der Waals surface area contributed by atoms with Gasteiger partial charge in [0, 0.05) is 17.7 Å². The van der Waals surface area contributed by atoms with Gasteiger partial charge < -0.3 is 10.6 Å². The second-order valence-corrected chi connectivity index (χ2v) is 4.17. The Morgan fingerprint density at radius 2 is 1.86 bits per heavy atom. The maximum atomic E-state index is 12.8. The van der Waals surface area contributed by atoms with Crippen LogP contribution in [-0.4, -0.2) is 16.7 Å². The van der Waals surface area contributed by atoms with Crippen molar-refractivity contribution < 1.29 is 18.9 Å². The van der Waals surface area contributed by atoms with E-state index in [1.165, 1.54) is 42.5 Å². The van der Waals surface area contributed by atoms with Gasteiger partial charge in [0.1, 0.15) is 5.82 Å². The highest BCUT2D eigenvalue weighted by Gasteiger charge is 2.13. The Labute approximate surface area is 124 Å². The van der Waals surface area contributed by atoms with E-state index in [1.54, 1.807) is 0 Å². The highest BCUT2D eigenvalue weighted by atomic mass is 19.1. The summed E-state index contributed by atoms with van der Waals surface area (Å²) in [7, 11) is 0. The van der Waals surface area contributed by atoms with E-state index >= 15 is 0 Å². The molecule has 0 spiro atoms. The summed E-state index contributed by atoms with van der Waals surface area (Å²) in [5.74, 6) is -1.46. The predicted molar refractivity (Wildman–Crippen MR) is 75.6 cm³/mol.